The molecule has 134 valence electrons. The maximum absolute atomic E-state index is 12.6. The van der Waals surface area contributed by atoms with Crippen LogP contribution in [-0.2, 0) is 17.5 Å². The van der Waals surface area contributed by atoms with Gasteiger partial charge in [-0.05, 0) is 41.0 Å². The van der Waals surface area contributed by atoms with E-state index in [-0.39, 0.29) is 18.4 Å². The first-order valence-corrected chi connectivity index (χ1v) is 8.27. The van der Waals surface area contributed by atoms with Crippen molar-refractivity contribution in [1.82, 2.24) is 5.32 Å². The highest BCUT2D eigenvalue weighted by Crippen LogP contribution is 2.29. The van der Waals surface area contributed by atoms with Gasteiger partial charge in [-0.2, -0.15) is 13.2 Å². The molecule has 0 saturated carbocycles. The fraction of sp³-hybridized carbons (Fsp3) is 0.190. The van der Waals surface area contributed by atoms with E-state index >= 15 is 0 Å². The maximum Gasteiger partial charge on any atom is 0.416 e. The van der Waals surface area contributed by atoms with Gasteiger partial charge in [0.25, 0.3) is 0 Å². The van der Waals surface area contributed by atoms with E-state index in [1.165, 1.54) is 12.1 Å². The van der Waals surface area contributed by atoms with Gasteiger partial charge in [0.15, 0.2) is 0 Å². The largest absolute Gasteiger partial charge is 0.416 e. The summed E-state index contributed by atoms with van der Waals surface area (Å²) in [6.07, 6.45) is -4.35. The van der Waals surface area contributed by atoms with Crippen molar-refractivity contribution in [3.05, 3.63) is 83.4 Å². The molecule has 0 aromatic heterocycles. The second-order valence-electron chi connectivity index (χ2n) is 6.24. The lowest BCUT2D eigenvalue weighted by atomic mass is 9.97. The molecule has 0 saturated heterocycles. The number of alkyl halides is 3. The Morgan fingerprint density at radius 1 is 0.962 bits per heavy atom. The van der Waals surface area contributed by atoms with E-state index in [4.69, 9.17) is 0 Å². The van der Waals surface area contributed by atoms with Gasteiger partial charge in [-0.3, -0.25) is 4.79 Å². The molecule has 5 heteroatoms. The van der Waals surface area contributed by atoms with Crippen LogP contribution in [0.5, 0.6) is 0 Å². The first-order valence-electron chi connectivity index (χ1n) is 8.27. The molecule has 0 fully saturated rings. The molecular formula is C21H18F3NO. The summed E-state index contributed by atoms with van der Waals surface area (Å²) in [5.41, 5.74) is 0.822. The van der Waals surface area contributed by atoms with Crippen LogP contribution in [0.25, 0.3) is 10.8 Å². The van der Waals surface area contributed by atoms with E-state index in [1.54, 1.807) is 0 Å². The van der Waals surface area contributed by atoms with Crippen LogP contribution in [0.3, 0.4) is 0 Å². The molecule has 0 aliphatic heterocycles. The minimum absolute atomic E-state index is 0.167. The Kier molecular flexibility index (Phi) is 4.98. The van der Waals surface area contributed by atoms with Crippen LogP contribution in [0.15, 0.2) is 66.7 Å². The maximum atomic E-state index is 12.6. The summed E-state index contributed by atoms with van der Waals surface area (Å²) in [6, 6.07) is 18.6. The summed E-state index contributed by atoms with van der Waals surface area (Å²) >= 11 is 0. The topological polar surface area (TPSA) is 29.1 Å². The van der Waals surface area contributed by atoms with Gasteiger partial charge >= 0.3 is 6.18 Å². The van der Waals surface area contributed by atoms with Crippen molar-refractivity contribution in [2.75, 3.05) is 0 Å². The first kappa shape index (κ1) is 18.0. The second kappa shape index (κ2) is 7.20. The molecule has 0 radical (unpaired) electrons. The molecule has 2 nitrogen and oxygen atoms in total. The third-order valence-electron chi connectivity index (χ3n) is 4.41. The molecule has 3 aromatic rings. The van der Waals surface area contributed by atoms with Gasteiger partial charge in [-0.25, -0.2) is 0 Å². The Balaban J connectivity index is 1.65. The Bertz CT molecular complexity index is 916. The molecule has 1 N–H and O–H groups in total. The van der Waals surface area contributed by atoms with Gasteiger partial charge in [-0.1, -0.05) is 54.6 Å². The molecule has 3 aromatic carbocycles. The highest BCUT2D eigenvalue weighted by Gasteiger charge is 2.29. The highest BCUT2D eigenvalue weighted by atomic mass is 19.4. The number of benzene rings is 3. The number of carbonyl (C=O) groups excluding carboxylic acids is 1. The predicted molar refractivity (Wildman–Crippen MR) is 95.7 cm³/mol. The normalized spacial score (nSPS) is 12.8. The van der Waals surface area contributed by atoms with E-state index in [9.17, 15) is 18.0 Å². The van der Waals surface area contributed by atoms with Gasteiger partial charge in [0.05, 0.1) is 11.5 Å². The molecule has 0 aliphatic rings. The van der Waals surface area contributed by atoms with Gasteiger partial charge in [0, 0.05) is 6.54 Å². The zero-order chi connectivity index (χ0) is 18.7. The smallest absolute Gasteiger partial charge is 0.352 e. The third kappa shape index (κ3) is 4.04. The SMILES string of the molecule is CC(C(=O)NCc1ccc(C(F)(F)F)cc1)c1ccc2ccccc2c1. The number of nitrogens with one attached hydrogen (secondary N) is 1. The van der Waals surface area contributed by atoms with E-state index in [0.29, 0.717) is 5.56 Å². The number of halogens is 3. The fourth-order valence-corrected chi connectivity index (χ4v) is 2.78. The standard InChI is InChI=1S/C21H18F3NO/c1-14(17-9-8-16-4-2-3-5-18(16)12-17)20(26)25-13-15-6-10-19(11-7-15)21(22,23)24/h2-12,14H,13H2,1H3,(H,25,26). The number of carbonyl (C=O) groups is 1. The zero-order valence-corrected chi connectivity index (χ0v) is 14.2. The lowest BCUT2D eigenvalue weighted by Crippen LogP contribution is -2.27. The summed E-state index contributed by atoms with van der Waals surface area (Å²) in [6.45, 7) is 2.00. The van der Waals surface area contributed by atoms with Crippen LogP contribution < -0.4 is 5.32 Å². The first-order chi connectivity index (χ1) is 12.3. The average molecular weight is 357 g/mol. The minimum Gasteiger partial charge on any atom is -0.352 e. The summed E-state index contributed by atoms with van der Waals surface area (Å²) in [5, 5.41) is 4.95. The molecule has 0 spiro atoms. The average Bonchev–Trinajstić information content (AvgIpc) is 2.64. The Morgan fingerprint density at radius 2 is 1.62 bits per heavy atom. The molecule has 1 atom stereocenters. The van der Waals surface area contributed by atoms with Crippen molar-refractivity contribution in [1.29, 1.82) is 0 Å². The molecule has 3 rings (SSSR count). The van der Waals surface area contributed by atoms with Crippen molar-refractivity contribution in [2.24, 2.45) is 0 Å². The molecular weight excluding hydrogens is 339 g/mol. The summed E-state index contributed by atoms with van der Waals surface area (Å²) in [5.74, 6) is -0.519. The number of fused-ring (bicyclic) bond motifs is 1. The quantitative estimate of drug-likeness (QED) is 0.676. The zero-order valence-electron chi connectivity index (χ0n) is 14.2. The fourth-order valence-electron chi connectivity index (χ4n) is 2.78. The van der Waals surface area contributed by atoms with Crippen LogP contribution in [0, 0.1) is 0 Å². The van der Waals surface area contributed by atoms with Gasteiger partial charge in [-0.15, -0.1) is 0 Å². The van der Waals surface area contributed by atoms with E-state index < -0.39 is 11.7 Å². The van der Waals surface area contributed by atoms with Crippen LogP contribution >= 0.6 is 0 Å². The Morgan fingerprint density at radius 3 is 2.27 bits per heavy atom. The second-order valence-corrected chi connectivity index (χ2v) is 6.24. The Hall–Kier alpha value is -2.82. The summed E-state index contributed by atoms with van der Waals surface area (Å²) < 4.78 is 37.7. The number of hydrogen-bond donors (Lipinski definition) is 1. The monoisotopic (exact) mass is 357 g/mol. The van der Waals surface area contributed by atoms with Gasteiger partial charge < -0.3 is 5.32 Å². The van der Waals surface area contributed by atoms with Crippen molar-refractivity contribution in [2.45, 2.75) is 25.6 Å². The Labute approximate surface area is 149 Å². The van der Waals surface area contributed by atoms with E-state index in [0.717, 1.165) is 28.5 Å². The molecule has 0 aliphatic carbocycles. The highest BCUT2D eigenvalue weighted by molar-refractivity contribution is 5.87. The van der Waals surface area contributed by atoms with Crippen LogP contribution in [0.4, 0.5) is 13.2 Å². The van der Waals surface area contributed by atoms with E-state index in [2.05, 4.69) is 5.32 Å². The van der Waals surface area contributed by atoms with E-state index in [1.807, 2.05) is 49.4 Å². The van der Waals surface area contributed by atoms with Crippen LogP contribution in [0.2, 0.25) is 0 Å². The lowest BCUT2D eigenvalue weighted by molar-refractivity contribution is -0.137. The molecule has 26 heavy (non-hydrogen) atoms. The molecule has 1 amide bonds. The number of hydrogen-bond acceptors (Lipinski definition) is 1. The summed E-state index contributed by atoms with van der Waals surface area (Å²) in [7, 11) is 0. The van der Waals surface area contributed by atoms with Crippen molar-refractivity contribution in [3.8, 4) is 0 Å². The molecule has 0 bridgehead atoms. The van der Waals surface area contributed by atoms with Crippen LogP contribution in [0.1, 0.15) is 29.5 Å². The van der Waals surface area contributed by atoms with Gasteiger partial charge in [0.1, 0.15) is 0 Å². The van der Waals surface area contributed by atoms with Crippen molar-refractivity contribution in [3.63, 3.8) is 0 Å². The number of amides is 1. The number of rotatable bonds is 4. The third-order valence-corrected chi connectivity index (χ3v) is 4.41. The van der Waals surface area contributed by atoms with Gasteiger partial charge in [0.2, 0.25) is 5.91 Å². The minimum atomic E-state index is -4.35. The molecule has 0 heterocycles. The summed E-state index contributed by atoms with van der Waals surface area (Å²) in [4.78, 5) is 12.4. The predicted octanol–water partition coefficient (Wildman–Crippen LogP) is 5.28. The lowest BCUT2D eigenvalue weighted by Gasteiger charge is -2.14. The van der Waals surface area contributed by atoms with Crippen LogP contribution in [-0.4, -0.2) is 5.91 Å². The van der Waals surface area contributed by atoms with Crippen molar-refractivity contribution >= 4 is 16.7 Å². The molecule has 1 unspecified atom stereocenters. The van der Waals surface area contributed by atoms with Crippen molar-refractivity contribution < 1.29 is 18.0 Å².